The normalized spacial score (nSPS) is 10.1. The highest BCUT2D eigenvalue weighted by Gasteiger charge is 2.10. The van der Waals surface area contributed by atoms with E-state index in [-0.39, 0.29) is 11.3 Å². The van der Waals surface area contributed by atoms with Gasteiger partial charge in [0.1, 0.15) is 5.69 Å². The minimum absolute atomic E-state index is 0.0747. The van der Waals surface area contributed by atoms with Crippen LogP contribution in [0.5, 0.6) is 0 Å². The van der Waals surface area contributed by atoms with Crippen LogP contribution in [0.15, 0.2) is 35.1 Å². The van der Waals surface area contributed by atoms with Crippen LogP contribution in [-0.4, -0.2) is 16.1 Å². The lowest BCUT2D eigenvalue weighted by molar-refractivity contribution is 0.102. The van der Waals surface area contributed by atoms with Crippen molar-refractivity contribution in [1.82, 2.24) is 10.2 Å². The van der Waals surface area contributed by atoms with Gasteiger partial charge in [-0.05, 0) is 24.3 Å². The summed E-state index contributed by atoms with van der Waals surface area (Å²) in [7, 11) is 0. The number of halogens is 2. The van der Waals surface area contributed by atoms with Crippen molar-refractivity contribution >= 4 is 34.8 Å². The molecule has 0 aliphatic heterocycles. The summed E-state index contributed by atoms with van der Waals surface area (Å²) in [5.74, 6) is -0.490. The Hall–Kier alpha value is -1.85. The third kappa shape index (κ3) is 2.88. The number of carbonyl (C=O) groups is 1. The van der Waals surface area contributed by atoms with Gasteiger partial charge in [-0.3, -0.25) is 9.59 Å². The fourth-order valence-corrected chi connectivity index (χ4v) is 1.59. The molecule has 18 heavy (non-hydrogen) atoms. The van der Waals surface area contributed by atoms with Crippen LogP contribution in [0.2, 0.25) is 10.0 Å². The maximum Gasteiger partial charge on any atom is 0.276 e. The molecule has 7 heteroatoms. The summed E-state index contributed by atoms with van der Waals surface area (Å²) < 4.78 is 0. The zero-order valence-corrected chi connectivity index (χ0v) is 10.4. The van der Waals surface area contributed by atoms with Gasteiger partial charge in [0.05, 0.1) is 10.7 Å². The van der Waals surface area contributed by atoms with Gasteiger partial charge in [-0.2, -0.15) is 5.10 Å². The number of aromatic amines is 1. The number of benzene rings is 1. The molecule has 2 aromatic rings. The van der Waals surface area contributed by atoms with Crippen molar-refractivity contribution in [2.75, 3.05) is 5.32 Å². The highest BCUT2D eigenvalue weighted by molar-refractivity contribution is 6.35. The average molecular weight is 284 g/mol. The largest absolute Gasteiger partial charge is 0.319 e. The molecule has 1 amide bonds. The number of nitrogens with zero attached hydrogens (tertiary/aromatic N) is 1. The number of hydrogen-bond donors (Lipinski definition) is 2. The van der Waals surface area contributed by atoms with Crippen LogP contribution < -0.4 is 10.9 Å². The van der Waals surface area contributed by atoms with E-state index in [9.17, 15) is 9.59 Å². The summed E-state index contributed by atoms with van der Waals surface area (Å²) in [4.78, 5) is 22.6. The van der Waals surface area contributed by atoms with Crippen LogP contribution in [0.1, 0.15) is 10.5 Å². The maximum absolute atomic E-state index is 11.8. The maximum atomic E-state index is 11.8. The van der Waals surface area contributed by atoms with Gasteiger partial charge >= 0.3 is 0 Å². The van der Waals surface area contributed by atoms with E-state index in [1.54, 1.807) is 12.1 Å². The fourth-order valence-electron chi connectivity index (χ4n) is 1.25. The van der Waals surface area contributed by atoms with Crippen LogP contribution in [0, 0.1) is 0 Å². The Labute approximate surface area is 112 Å². The molecule has 1 aromatic heterocycles. The SMILES string of the molecule is O=C(Nc1cc(Cl)ccc1Cl)c1ccc(=O)[nH]n1. The van der Waals surface area contributed by atoms with Crippen molar-refractivity contribution in [1.29, 1.82) is 0 Å². The van der Waals surface area contributed by atoms with E-state index in [0.717, 1.165) is 0 Å². The molecule has 0 bridgehead atoms. The molecule has 0 atom stereocenters. The fraction of sp³-hybridized carbons (Fsp3) is 0. The first-order valence-corrected chi connectivity index (χ1v) is 5.64. The lowest BCUT2D eigenvalue weighted by Gasteiger charge is -2.06. The monoisotopic (exact) mass is 283 g/mol. The Kier molecular flexibility index (Phi) is 3.64. The molecule has 0 aliphatic rings. The predicted molar refractivity (Wildman–Crippen MR) is 69.3 cm³/mol. The standard InChI is InChI=1S/C11H7Cl2N3O2/c12-6-1-2-7(13)9(5-6)14-11(18)8-3-4-10(17)16-15-8/h1-5H,(H,14,18)(H,16,17). The number of aromatic nitrogens is 2. The zero-order chi connectivity index (χ0) is 13.1. The highest BCUT2D eigenvalue weighted by atomic mass is 35.5. The molecule has 1 aromatic carbocycles. The Balaban J connectivity index is 2.23. The summed E-state index contributed by atoms with van der Waals surface area (Å²) in [5.41, 5.74) is 0.0696. The highest BCUT2D eigenvalue weighted by Crippen LogP contribution is 2.25. The molecular weight excluding hydrogens is 277 g/mol. The van der Waals surface area contributed by atoms with E-state index in [4.69, 9.17) is 23.2 Å². The lowest BCUT2D eigenvalue weighted by Crippen LogP contribution is -2.17. The van der Waals surface area contributed by atoms with Crippen molar-refractivity contribution < 1.29 is 4.79 Å². The molecule has 0 aliphatic carbocycles. The molecule has 92 valence electrons. The van der Waals surface area contributed by atoms with Crippen molar-refractivity contribution in [2.24, 2.45) is 0 Å². The summed E-state index contributed by atoms with van der Waals surface area (Å²) in [5, 5.41) is 9.12. The predicted octanol–water partition coefficient (Wildman–Crippen LogP) is 2.33. The first-order valence-electron chi connectivity index (χ1n) is 4.88. The second kappa shape index (κ2) is 5.20. The third-order valence-corrected chi connectivity index (χ3v) is 2.65. The van der Waals surface area contributed by atoms with Crippen LogP contribution in [0.25, 0.3) is 0 Å². The molecule has 0 saturated carbocycles. The number of nitrogens with one attached hydrogen (secondary N) is 2. The smallest absolute Gasteiger partial charge is 0.276 e. The average Bonchev–Trinajstić information content (AvgIpc) is 2.34. The molecule has 0 radical (unpaired) electrons. The number of anilines is 1. The molecule has 1 heterocycles. The summed E-state index contributed by atoms with van der Waals surface area (Å²) in [6.45, 7) is 0. The Morgan fingerprint density at radius 3 is 2.67 bits per heavy atom. The number of H-pyrrole nitrogens is 1. The molecule has 2 N–H and O–H groups in total. The van der Waals surface area contributed by atoms with Gasteiger partial charge in [0.15, 0.2) is 0 Å². The quantitative estimate of drug-likeness (QED) is 0.888. The summed E-state index contributed by atoms with van der Waals surface area (Å²) >= 11 is 11.7. The topological polar surface area (TPSA) is 74.8 Å². The van der Waals surface area contributed by atoms with Crippen molar-refractivity contribution in [3.8, 4) is 0 Å². The van der Waals surface area contributed by atoms with Gasteiger partial charge < -0.3 is 5.32 Å². The molecule has 0 spiro atoms. The van der Waals surface area contributed by atoms with Crippen LogP contribution in [-0.2, 0) is 0 Å². The van der Waals surface area contributed by atoms with Gasteiger partial charge in [0, 0.05) is 11.1 Å². The Morgan fingerprint density at radius 1 is 1.22 bits per heavy atom. The van der Waals surface area contributed by atoms with Crippen LogP contribution in [0.3, 0.4) is 0 Å². The third-order valence-electron chi connectivity index (χ3n) is 2.09. The molecule has 2 rings (SSSR count). The van der Waals surface area contributed by atoms with E-state index in [0.29, 0.717) is 15.7 Å². The first-order chi connectivity index (χ1) is 8.56. The van der Waals surface area contributed by atoms with E-state index in [1.807, 2.05) is 0 Å². The number of hydrogen-bond acceptors (Lipinski definition) is 3. The first kappa shape index (κ1) is 12.6. The second-order valence-corrected chi connectivity index (χ2v) is 4.23. The van der Waals surface area contributed by atoms with Gasteiger partial charge in [0.2, 0.25) is 0 Å². The van der Waals surface area contributed by atoms with E-state index in [2.05, 4.69) is 15.5 Å². The number of rotatable bonds is 2. The minimum Gasteiger partial charge on any atom is -0.319 e. The molecule has 0 fully saturated rings. The van der Waals surface area contributed by atoms with Crippen LogP contribution in [0.4, 0.5) is 5.69 Å². The summed E-state index contributed by atoms with van der Waals surface area (Å²) in [6, 6.07) is 7.22. The van der Waals surface area contributed by atoms with Crippen molar-refractivity contribution in [3.63, 3.8) is 0 Å². The Morgan fingerprint density at radius 2 is 2.00 bits per heavy atom. The Bertz CT molecular complexity index is 634. The number of carbonyl (C=O) groups excluding carboxylic acids is 1. The molecule has 0 saturated heterocycles. The van der Waals surface area contributed by atoms with Crippen LogP contribution >= 0.6 is 23.2 Å². The van der Waals surface area contributed by atoms with E-state index in [1.165, 1.54) is 18.2 Å². The van der Waals surface area contributed by atoms with Gasteiger partial charge in [-0.1, -0.05) is 23.2 Å². The molecule has 0 unspecified atom stereocenters. The zero-order valence-electron chi connectivity index (χ0n) is 8.91. The van der Waals surface area contributed by atoms with Gasteiger partial charge in [0.25, 0.3) is 11.5 Å². The van der Waals surface area contributed by atoms with Crippen molar-refractivity contribution in [2.45, 2.75) is 0 Å². The van der Waals surface area contributed by atoms with Gasteiger partial charge in [-0.15, -0.1) is 0 Å². The minimum atomic E-state index is -0.490. The lowest BCUT2D eigenvalue weighted by atomic mass is 10.3. The van der Waals surface area contributed by atoms with Gasteiger partial charge in [-0.25, -0.2) is 5.10 Å². The van der Waals surface area contributed by atoms with Crippen molar-refractivity contribution in [3.05, 3.63) is 56.4 Å². The molecule has 5 nitrogen and oxygen atoms in total. The molecular formula is C11H7Cl2N3O2. The second-order valence-electron chi connectivity index (χ2n) is 3.38. The number of amides is 1. The van der Waals surface area contributed by atoms with E-state index < -0.39 is 5.91 Å². The van der Waals surface area contributed by atoms with E-state index >= 15 is 0 Å². The summed E-state index contributed by atoms with van der Waals surface area (Å²) in [6.07, 6.45) is 0.